The third-order valence-electron chi connectivity index (χ3n) is 4.00. The highest BCUT2D eigenvalue weighted by atomic mass is 32.2. The standard InChI is InChI=1S/C14H20BF3O5S/c1-9-8-10(24(21,22)14(16,17)18)6-7-11(9)15(20)23-13(4,5)12(2,3)19/h6-8,19-20H,1-5H3. The van der Waals surface area contributed by atoms with Crippen LogP contribution in [0.4, 0.5) is 13.2 Å². The van der Waals surface area contributed by atoms with Gasteiger partial charge in [0.05, 0.1) is 16.1 Å². The first-order valence-corrected chi connectivity index (χ1v) is 8.49. The van der Waals surface area contributed by atoms with Gasteiger partial charge < -0.3 is 14.8 Å². The first-order valence-electron chi connectivity index (χ1n) is 7.01. The molecule has 0 saturated heterocycles. The summed E-state index contributed by atoms with van der Waals surface area (Å²) in [5, 5.41) is 20.2. The van der Waals surface area contributed by atoms with Crippen molar-refractivity contribution in [2.24, 2.45) is 0 Å². The monoisotopic (exact) mass is 368 g/mol. The Morgan fingerprint density at radius 3 is 2.00 bits per heavy atom. The van der Waals surface area contributed by atoms with Crippen LogP contribution < -0.4 is 5.46 Å². The minimum absolute atomic E-state index is 0.105. The molecule has 1 rings (SSSR count). The summed E-state index contributed by atoms with van der Waals surface area (Å²) >= 11 is 0. The van der Waals surface area contributed by atoms with Gasteiger partial charge in [0.2, 0.25) is 0 Å². The summed E-state index contributed by atoms with van der Waals surface area (Å²) in [4.78, 5) is -0.912. The minimum atomic E-state index is -5.46. The van der Waals surface area contributed by atoms with Crippen LogP contribution in [-0.2, 0) is 14.5 Å². The van der Waals surface area contributed by atoms with E-state index in [1.165, 1.54) is 34.6 Å². The number of hydrogen-bond acceptors (Lipinski definition) is 5. The van der Waals surface area contributed by atoms with Gasteiger partial charge in [0, 0.05) is 0 Å². The van der Waals surface area contributed by atoms with Crippen LogP contribution in [-0.4, -0.2) is 42.4 Å². The highest BCUT2D eigenvalue weighted by molar-refractivity contribution is 7.92. The first-order chi connectivity index (χ1) is 10.5. The first kappa shape index (κ1) is 20.9. The zero-order valence-electron chi connectivity index (χ0n) is 14.0. The van der Waals surface area contributed by atoms with Gasteiger partial charge >= 0.3 is 12.6 Å². The fourth-order valence-corrected chi connectivity index (χ4v) is 2.56. The van der Waals surface area contributed by atoms with E-state index in [1.54, 1.807) is 0 Å². The van der Waals surface area contributed by atoms with Crippen molar-refractivity contribution in [2.75, 3.05) is 0 Å². The maximum atomic E-state index is 12.6. The molecule has 0 aliphatic heterocycles. The summed E-state index contributed by atoms with van der Waals surface area (Å²) in [6, 6.07) is 2.63. The number of benzene rings is 1. The lowest BCUT2D eigenvalue weighted by atomic mass is 9.74. The highest BCUT2D eigenvalue weighted by Crippen LogP contribution is 2.30. The molecule has 136 valence electrons. The molecule has 2 N–H and O–H groups in total. The number of aliphatic hydroxyl groups is 1. The molecule has 1 aromatic rings. The molecule has 0 atom stereocenters. The van der Waals surface area contributed by atoms with Crippen molar-refractivity contribution in [3.63, 3.8) is 0 Å². The zero-order valence-corrected chi connectivity index (χ0v) is 14.8. The van der Waals surface area contributed by atoms with Crippen LogP contribution in [0.15, 0.2) is 23.1 Å². The summed E-state index contributed by atoms with van der Waals surface area (Å²) in [6.07, 6.45) is 0. The number of hydrogen-bond donors (Lipinski definition) is 2. The molecule has 0 aliphatic carbocycles. The normalized spacial score (nSPS) is 13.9. The van der Waals surface area contributed by atoms with Gasteiger partial charge in [0.15, 0.2) is 0 Å². The van der Waals surface area contributed by atoms with Crippen LogP contribution in [0.5, 0.6) is 0 Å². The lowest BCUT2D eigenvalue weighted by molar-refractivity contribution is -0.0982. The van der Waals surface area contributed by atoms with Gasteiger partial charge in [-0.15, -0.1) is 0 Å². The molecule has 0 heterocycles. The number of aryl methyl sites for hydroxylation is 1. The van der Waals surface area contributed by atoms with Crippen LogP contribution in [0, 0.1) is 6.92 Å². The predicted octanol–water partition coefficient (Wildman–Crippen LogP) is 1.54. The molecule has 0 aromatic heterocycles. The maximum absolute atomic E-state index is 12.6. The van der Waals surface area contributed by atoms with Crippen LogP contribution >= 0.6 is 0 Å². The lowest BCUT2D eigenvalue weighted by Crippen LogP contribution is -2.53. The van der Waals surface area contributed by atoms with Crippen molar-refractivity contribution < 1.29 is 36.4 Å². The molecular formula is C14H20BF3O5S. The Hall–Kier alpha value is -1.10. The summed E-state index contributed by atoms with van der Waals surface area (Å²) in [6.45, 7) is 7.38. The second-order valence-corrected chi connectivity index (χ2v) is 8.45. The van der Waals surface area contributed by atoms with E-state index in [0.29, 0.717) is 0 Å². The lowest BCUT2D eigenvalue weighted by Gasteiger charge is -2.38. The van der Waals surface area contributed by atoms with E-state index in [4.69, 9.17) is 4.65 Å². The number of alkyl halides is 3. The van der Waals surface area contributed by atoms with E-state index in [-0.39, 0.29) is 11.0 Å². The zero-order chi connectivity index (χ0) is 19.1. The summed E-state index contributed by atoms with van der Waals surface area (Å²) in [7, 11) is -7.01. The number of rotatable bonds is 5. The Balaban J connectivity index is 3.18. The van der Waals surface area contributed by atoms with E-state index in [0.717, 1.165) is 18.2 Å². The molecule has 24 heavy (non-hydrogen) atoms. The number of sulfone groups is 1. The molecule has 1 aromatic carbocycles. The number of halogens is 3. The van der Waals surface area contributed by atoms with E-state index in [9.17, 15) is 31.7 Å². The fraction of sp³-hybridized carbons (Fsp3) is 0.571. The van der Waals surface area contributed by atoms with Crippen molar-refractivity contribution >= 4 is 22.4 Å². The van der Waals surface area contributed by atoms with Gasteiger partial charge in [-0.1, -0.05) is 11.6 Å². The van der Waals surface area contributed by atoms with Crippen molar-refractivity contribution in [1.29, 1.82) is 0 Å². The van der Waals surface area contributed by atoms with Crippen molar-refractivity contribution in [2.45, 2.75) is 56.2 Å². The fourth-order valence-electron chi connectivity index (χ4n) is 1.71. The Kier molecular flexibility index (Phi) is 5.52. The average molecular weight is 368 g/mol. The topological polar surface area (TPSA) is 83.8 Å². The third kappa shape index (κ3) is 4.11. The van der Waals surface area contributed by atoms with Crippen molar-refractivity contribution in [3.05, 3.63) is 23.8 Å². The van der Waals surface area contributed by atoms with E-state index < -0.39 is 38.6 Å². The summed E-state index contributed by atoms with van der Waals surface area (Å²) in [5.74, 6) is 0. The quantitative estimate of drug-likeness (QED) is 0.771. The Labute approximate surface area is 139 Å². The van der Waals surface area contributed by atoms with E-state index in [2.05, 4.69) is 0 Å². The second kappa shape index (κ2) is 6.32. The molecule has 0 amide bonds. The van der Waals surface area contributed by atoms with Crippen molar-refractivity contribution in [1.82, 2.24) is 0 Å². The smallest absolute Gasteiger partial charge is 0.423 e. The molecule has 0 aliphatic rings. The molecule has 0 bridgehead atoms. The van der Waals surface area contributed by atoms with Gasteiger partial charge in [0.25, 0.3) is 9.84 Å². The molecule has 5 nitrogen and oxygen atoms in total. The minimum Gasteiger partial charge on any atom is -0.423 e. The average Bonchev–Trinajstić information content (AvgIpc) is 2.34. The molecule has 0 unspecified atom stereocenters. The van der Waals surface area contributed by atoms with Gasteiger partial charge in [0.1, 0.15) is 0 Å². The van der Waals surface area contributed by atoms with Crippen LogP contribution in [0.25, 0.3) is 0 Å². The van der Waals surface area contributed by atoms with Gasteiger partial charge in [-0.2, -0.15) is 13.2 Å². The van der Waals surface area contributed by atoms with Crippen LogP contribution in [0.2, 0.25) is 0 Å². The largest absolute Gasteiger partial charge is 0.501 e. The van der Waals surface area contributed by atoms with Crippen molar-refractivity contribution in [3.8, 4) is 0 Å². The SMILES string of the molecule is Cc1cc(S(=O)(=O)C(F)(F)F)ccc1B(O)OC(C)(C)C(C)(C)O. The van der Waals surface area contributed by atoms with Crippen LogP contribution in [0.1, 0.15) is 33.3 Å². The second-order valence-electron chi connectivity index (χ2n) is 6.51. The Morgan fingerprint density at radius 1 is 1.12 bits per heavy atom. The molecule has 0 spiro atoms. The van der Waals surface area contributed by atoms with E-state index >= 15 is 0 Å². The molecule has 0 radical (unpaired) electrons. The predicted molar refractivity (Wildman–Crippen MR) is 83.5 cm³/mol. The van der Waals surface area contributed by atoms with E-state index in [1.807, 2.05) is 0 Å². The molecule has 10 heteroatoms. The summed E-state index contributed by atoms with van der Waals surface area (Å²) < 4.78 is 65.9. The molecule has 0 saturated carbocycles. The maximum Gasteiger partial charge on any atom is 0.501 e. The third-order valence-corrected chi connectivity index (χ3v) is 5.49. The van der Waals surface area contributed by atoms with Gasteiger partial charge in [-0.25, -0.2) is 8.42 Å². The Morgan fingerprint density at radius 2 is 1.62 bits per heavy atom. The van der Waals surface area contributed by atoms with Gasteiger partial charge in [-0.3, -0.25) is 0 Å². The molecular weight excluding hydrogens is 348 g/mol. The highest BCUT2D eigenvalue weighted by Gasteiger charge is 2.47. The van der Waals surface area contributed by atoms with Crippen LogP contribution in [0.3, 0.4) is 0 Å². The summed E-state index contributed by atoms with van der Waals surface area (Å²) in [5.41, 5.74) is -7.66. The van der Waals surface area contributed by atoms with Gasteiger partial charge in [-0.05, 0) is 52.2 Å². The molecule has 0 fully saturated rings. The Bertz CT molecular complexity index is 708.